The third-order valence-corrected chi connectivity index (χ3v) is 10.2. The van der Waals surface area contributed by atoms with Gasteiger partial charge in [0.25, 0.3) is 0 Å². The first-order valence-corrected chi connectivity index (χ1v) is 15.3. The zero-order valence-electron chi connectivity index (χ0n) is 26.2. The number of rotatable bonds is 6. The number of ketones is 3. The normalized spacial score (nSPS) is 33.5. The van der Waals surface area contributed by atoms with E-state index in [2.05, 4.69) is 4.90 Å². The molecule has 2 N–H and O–H groups in total. The Labute approximate surface area is 265 Å². The van der Waals surface area contributed by atoms with Gasteiger partial charge in [-0.05, 0) is 19.9 Å². The summed E-state index contributed by atoms with van der Waals surface area (Å²) in [6.45, 7) is 4.35. The van der Waals surface area contributed by atoms with Crippen molar-refractivity contribution in [3.8, 4) is 17.2 Å². The molecule has 2 aromatic carbocycles. The molecular weight excluding hydrogens is 602 g/mol. The van der Waals surface area contributed by atoms with Gasteiger partial charge in [-0.15, -0.1) is 0 Å². The van der Waals surface area contributed by atoms with Crippen LogP contribution in [0, 0.1) is 0 Å². The summed E-state index contributed by atoms with van der Waals surface area (Å²) in [5.74, 6) is -2.50. The summed E-state index contributed by atoms with van der Waals surface area (Å²) < 4.78 is 41.6. The number of hydrogen-bond acceptors (Lipinski definition) is 13. The van der Waals surface area contributed by atoms with Crippen molar-refractivity contribution >= 4 is 17.3 Å². The van der Waals surface area contributed by atoms with Crippen LogP contribution in [0.5, 0.6) is 17.2 Å². The lowest BCUT2D eigenvalue weighted by molar-refractivity contribution is -0.256. The minimum Gasteiger partial charge on any atom is -0.507 e. The number of aromatic hydroxyl groups is 2. The second-order valence-electron chi connectivity index (χ2n) is 12.4. The number of morpholine rings is 1. The third kappa shape index (κ3) is 4.44. The molecule has 8 atom stereocenters. The molecule has 3 aliphatic heterocycles. The zero-order valence-corrected chi connectivity index (χ0v) is 26.2. The van der Waals surface area contributed by atoms with Crippen LogP contribution < -0.4 is 4.74 Å². The van der Waals surface area contributed by atoms with Gasteiger partial charge in [-0.2, -0.15) is 0 Å². The molecule has 3 heterocycles. The number of ether oxygens (including phenoxy) is 7. The first-order valence-electron chi connectivity index (χ1n) is 15.3. The number of carbonyl (C=O) groups is 3. The monoisotopic (exact) mass is 639 g/mol. The fraction of sp³-hybridized carbons (Fsp3) is 0.545. The van der Waals surface area contributed by atoms with E-state index in [1.54, 1.807) is 19.2 Å². The highest BCUT2D eigenvalue weighted by molar-refractivity contribution is 6.31. The molecule has 7 rings (SSSR count). The molecule has 0 radical (unpaired) electrons. The standard InChI is InChI=1S/C33H37NO12/c1-14-30-18(34-9-10-43-32(41-4)31(34)46-30)11-21(44-14)45-20-13-33(42-5,15(2)35)12-17-23(20)29(39)25-24(27(17)37)26(36)16-7-6-8-19(40-3)22(16)28(25)38/h6-8,14,18,20-21,30-32,37,39H,9-13H2,1-5H3/t14-,18?,20-,21-,30+,31+,32-,33-/m0/s1. The predicted octanol–water partition coefficient (Wildman–Crippen LogP) is 2.39. The van der Waals surface area contributed by atoms with Crippen LogP contribution in [-0.4, -0.2) is 110 Å². The third-order valence-electron chi connectivity index (χ3n) is 10.2. The van der Waals surface area contributed by atoms with E-state index >= 15 is 0 Å². The Bertz CT molecular complexity index is 1620. The van der Waals surface area contributed by atoms with Crippen LogP contribution >= 0.6 is 0 Å². The van der Waals surface area contributed by atoms with Crippen LogP contribution in [-0.2, 0) is 39.6 Å². The summed E-state index contributed by atoms with van der Waals surface area (Å²) in [7, 11) is 4.33. The van der Waals surface area contributed by atoms with E-state index in [0.717, 1.165) is 0 Å². The fourth-order valence-corrected chi connectivity index (χ4v) is 7.88. The van der Waals surface area contributed by atoms with Crippen molar-refractivity contribution in [1.82, 2.24) is 4.90 Å². The fourth-order valence-electron chi connectivity index (χ4n) is 7.88. The lowest BCUT2D eigenvalue weighted by Crippen LogP contribution is -2.55. The Morgan fingerprint density at radius 2 is 1.80 bits per heavy atom. The van der Waals surface area contributed by atoms with Gasteiger partial charge in [-0.3, -0.25) is 19.3 Å². The Morgan fingerprint density at radius 1 is 1.04 bits per heavy atom. The molecule has 246 valence electrons. The zero-order chi connectivity index (χ0) is 32.7. The number of carbonyl (C=O) groups excluding carboxylic acids is 3. The van der Waals surface area contributed by atoms with Crippen LogP contribution in [0.3, 0.4) is 0 Å². The van der Waals surface area contributed by atoms with Crippen molar-refractivity contribution in [3.63, 3.8) is 0 Å². The van der Waals surface area contributed by atoms with Crippen molar-refractivity contribution in [1.29, 1.82) is 0 Å². The van der Waals surface area contributed by atoms with E-state index in [1.807, 2.05) is 6.92 Å². The second kappa shape index (κ2) is 11.4. The summed E-state index contributed by atoms with van der Waals surface area (Å²) in [6, 6.07) is 4.48. The summed E-state index contributed by atoms with van der Waals surface area (Å²) >= 11 is 0. The predicted molar refractivity (Wildman–Crippen MR) is 157 cm³/mol. The van der Waals surface area contributed by atoms with Gasteiger partial charge in [0.2, 0.25) is 5.78 Å². The van der Waals surface area contributed by atoms with Crippen molar-refractivity contribution in [2.24, 2.45) is 0 Å². The summed E-state index contributed by atoms with van der Waals surface area (Å²) in [4.78, 5) is 43.0. The van der Waals surface area contributed by atoms with Gasteiger partial charge in [0, 0.05) is 62.8 Å². The van der Waals surface area contributed by atoms with Gasteiger partial charge in [0.15, 0.2) is 30.4 Å². The highest BCUT2D eigenvalue weighted by Crippen LogP contribution is 2.53. The maximum atomic E-state index is 13.9. The molecule has 5 aliphatic rings. The number of benzene rings is 2. The summed E-state index contributed by atoms with van der Waals surface area (Å²) in [5, 5.41) is 23.6. The highest BCUT2D eigenvalue weighted by atomic mass is 16.7. The van der Waals surface area contributed by atoms with E-state index in [4.69, 9.17) is 33.2 Å². The van der Waals surface area contributed by atoms with Crippen molar-refractivity contribution < 1.29 is 57.8 Å². The van der Waals surface area contributed by atoms with Gasteiger partial charge >= 0.3 is 0 Å². The topological polar surface area (TPSA) is 160 Å². The minimum atomic E-state index is -1.45. The van der Waals surface area contributed by atoms with E-state index < -0.39 is 59.7 Å². The number of phenols is 2. The molecule has 2 aromatic rings. The molecule has 3 saturated heterocycles. The van der Waals surface area contributed by atoms with E-state index in [1.165, 1.54) is 27.2 Å². The van der Waals surface area contributed by atoms with Gasteiger partial charge in [0.05, 0.1) is 42.6 Å². The minimum absolute atomic E-state index is 0.00783. The number of Topliss-reactive ketones (excluding diaryl/α,β-unsaturated/α-hetero) is 1. The average Bonchev–Trinajstić information content (AvgIpc) is 3.43. The van der Waals surface area contributed by atoms with Crippen LogP contribution in [0.4, 0.5) is 0 Å². The molecule has 0 saturated carbocycles. The number of phenolic OH excluding ortho intramolecular Hbond substituents is 2. The maximum absolute atomic E-state index is 13.9. The number of fused-ring (bicyclic) bond motifs is 6. The van der Waals surface area contributed by atoms with Crippen LogP contribution in [0.15, 0.2) is 18.2 Å². The SMILES string of the molecule is COc1cccc2c1C(=O)c1c(O)c3c(c(O)c1C2=O)C[C@@](OC)(C(C)=O)C[C@@H]3O[C@H]1CC2[C@H](O[C@@H]3[C@@H](OC)OCCN23)[C@H](C)O1. The van der Waals surface area contributed by atoms with Crippen LogP contribution in [0.1, 0.15) is 75.8 Å². The van der Waals surface area contributed by atoms with Gasteiger partial charge in [-0.25, -0.2) is 0 Å². The van der Waals surface area contributed by atoms with Crippen LogP contribution in [0.2, 0.25) is 0 Å². The number of nitrogens with zero attached hydrogens (tertiary/aromatic N) is 1. The van der Waals surface area contributed by atoms with Gasteiger partial charge in [0.1, 0.15) is 29.0 Å². The molecular formula is C33H37NO12. The quantitative estimate of drug-likeness (QED) is 0.379. The van der Waals surface area contributed by atoms with Gasteiger partial charge in [-0.1, -0.05) is 12.1 Å². The number of methoxy groups -OCH3 is 3. The maximum Gasteiger partial charge on any atom is 0.202 e. The first kappa shape index (κ1) is 31.2. The Kier molecular flexibility index (Phi) is 7.71. The molecule has 1 unspecified atom stereocenters. The Morgan fingerprint density at radius 3 is 2.50 bits per heavy atom. The Balaban J connectivity index is 1.30. The van der Waals surface area contributed by atoms with Crippen molar-refractivity contribution in [2.75, 3.05) is 34.5 Å². The van der Waals surface area contributed by atoms with Crippen molar-refractivity contribution in [2.45, 2.75) is 81.9 Å². The molecule has 0 bridgehead atoms. The largest absolute Gasteiger partial charge is 0.507 e. The molecule has 3 fully saturated rings. The molecule has 13 heteroatoms. The van der Waals surface area contributed by atoms with E-state index in [0.29, 0.717) is 19.6 Å². The smallest absolute Gasteiger partial charge is 0.202 e. The van der Waals surface area contributed by atoms with Gasteiger partial charge < -0.3 is 43.4 Å². The molecule has 13 nitrogen and oxygen atoms in total. The second-order valence-corrected chi connectivity index (χ2v) is 12.4. The number of hydrogen-bond donors (Lipinski definition) is 2. The van der Waals surface area contributed by atoms with Crippen LogP contribution in [0.25, 0.3) is 0 Å². The molecule has 0 amide bonds. The average molecular weight is 640 g/mol. The van der Waals surface area contributed by atoms with Crippen molar-refractivity contribution in [3.05, 3.63) is 51.6 Å². The Hall–Kier alpha value is -3.43. The molecule has 46 heavy (non-hydrogen) atoms. The van der Waals surface area contributed by atoms with E-state index in [-0.39, 0.29) is 69.9 Å². The molecule has 0 spiro atoms. The highest BCUT2D eigenvalue weighted by Gasteiger charge is 2.55. The lowest BCUT2D eigenvalue weighted by atomic mass is 9.72. The first-order chi connectivity index (χ1) is 22.0. The molecule has 0 aromatic heterocycles. The lowest BCUT2D eigenvalue weighted by Gasteiger charge is -2.44. The molecule has 2 aliphatic carbocycles. The summed E-state index contributed by atoms with van der Waals surface area (Å²) in [5.41, 5.74) is -1.90. The van der Waals surface area contributed by atoms with E-state index in [9.17, 15) is 24.6 Å². The summed E-state index contributed by atoms with van der Waals surface area (Å²) in [6.07, 6.45) is -3.33.